The molecule has 0 fully saturated rings. The largest absolute Gasteiger partial charge is 0.383 e. The number of rotatable bonds is 9. The maximum atomic E-state index is 13.0. The quantitative estimate of drug-likeness (QED) is 0.510. The van der Waals surface area contributed by atoms with Crippen LogP contribution in [0.5, 0.6) is 0 Å². The molecule has 1 unspecified atom stereocenters. The van der Waals surface area contributed by atoms with Crippen LogP contribution in [0, 0.1) is 0 Å². The fourth-order valence-corrected chi connectivity index (χ4v) is 4.51. The lowest BCUT2D eigenvalue weighted by atomic mass is 10.1. The molecule has 2 N–H and O–H groups in total. The molecule has 0 saturated heterocycles. The summed E-state index contributed by atoms with van der Waals surface area (Å²) >= 11 is 0. The minimum Gasteiger partial charge on any atom is -0.383 e. The summed E-state index contributed by atoms with van der Waals surface area (Å²) < 4.78 is 34.1. The number of nitrogens with one attached hydrogen (secondary N) is 2. The van der Waals surface area contributed by atoms with Gasteiger partial charge in [-0.2, -0.15) is 5.10 Å². The Bertz CT molecular complexity index is 1160. The van der Waals surface area contributed by atoms with Gasteiger partial charge in [-0.15, -0.1) is 0 Å². The lowest BCUT2D eigenvalue weighted by Gasteiger charge is -2.14. The molecule has 0 spiro atoms. The number of anilines is 1. The van der Waals surface area contributed by atoms with Crippen LogP contribution in [0.1, 0.15) is 42.7 Å². The monoisotopic (exact) mass is 457 g/mol. The first-order valence-corrected chi connectivity index (χ1v) is 11.6. The van der Waals surface area contributed by atoms with E-state index in [1.54, 1.807) is 29.9 Å². The molecule has 0 radical (unpaired) electrons. The summed E-state index contributed by atoms with van der Waals surface area (Å²) in [5, 5.41) is 7.17. The van der Waals surface area contributed by atoms with Gasteiger partial charge in [0.15, 0.2) is 5.82 Å². The predicted octanol–water partition coefficient (Wildman–Crippen LogP) is 2.96. The molecule has 10 heteroatoms. The van der Waals surface area contributed by atoms with Crippen molar-refractivity contribution in [2.75, 3.05) is 19.0 Å². The van der Waals surface area contributed by atoms with Crippen LogP contribution in [0.2, 0.25) is 0 Å². The van der Waals surface area contributed by atoms with E-state index in [9.17, 15) is 13.2 Å². The summed E-state index contributed by atoms with van der Waals surface area (Å²) in [6.45, 7) is 5.93. The van der Waals surface area contributed by atoms with E-state index >= 15 is 0 Å². The summed E-state index contributed by atoms with van der Waals surface area (Å²) in [7, 11) is -2.18. The highest BCUT2D eigenvalue weighted by molar-refractivity contribution is 7.89. The van der Waals surface area contributed by atoms with Gasteiger partial charge in [-0.1, -0.05) is 19.9 Å². The summed E-state index contributed by atoms with van der Waals surface area (Å²) in [5.74, 6) is 0.311. The van der Waals surface area contributed by atoms with Crippen LogP contribution >= 0.6 is 0 Å². The Kier molecular flexibility index (Phi) is 7.39. The van der Waals surface area contributed by atoms with Crippen molar-refractivity contribution in [2.45, 2.75) is 37.6 Å². The first-order chi connectivity index (χ1) is 15.2. The van der Waals surface area contributed by atoms with Crippen molar-refractivity contribution in [3.05, 3.63) is 66.1 Å². The van der Waals surface area contributed by atoms with Crippen molar-refractivity contribution in [3.63, 3.8) is 0 Å². The number of pyridine rings is 1. The molecular formula is C22H27N5O4S. The fraction of sp³-hybridized carbons (Fsp3) is 0.318. The smallest absolute Gasteiger partial charge is 0.259 e. The van der Waals surface area contributed by atoms with Crippen LogP contribution in [-0.4, -0.2) is 48.8 Å². The van der Waals surface area contributed by atoms with Gasteiger partial charge < -0.3 is 10.1 Å². The molecule has 1 atom stereocenters. The zero-order chi connectivity index (χ0) is 23.3. The molecule has 1 aromatic carbocycles. The van der Waals surface area contributed by atoms with E-state index in [0.717, 1.165) is 5.69 Å². The van der Waals surface area contributed by atoms with Gasteiger partial charge in [0, 0.05) is 25.0 Å². The summed E-state index contributed by atoms with van der Waals surface area (Å²) in [6.07, 6.45) is 3.18. The van der Waals surface area contributed by atoms with E-state index in [2.05, 4.69) is 20.1 Å². The van der Waals surface area contributed by atoms with Crippen molar-refractivity contribution in [1.82, 2.24) is 19.5 Å². The Morgan fingerprint density at radius 3 is 2.44 bits per heavy atom. The standard InChI is InChI=1S/C22H27N5O4S/c1-15(2)21-19(13-24-27(21)20-7-5-6-12-23-20)22(28)25-17-8-10-18(11-9-17)32(29,30)26-16(3)14-31-4/h5-13,15-16,26H,14H2,1-4H3,(H,25,28). The second-order valence-corrected chi connectivity index (χ2v) is 9.37. The van der Waals surface area contributed by atoms with Crippen LogP contribution in [-0.2, 0) is 14.8 Å². The molecule has 170 valence electrons. The van der Waals surface area contributed by atoms with Gasteiger partial charge in [-0.25, -0.2) is 22.8 Å². The van der Waals surface area contributed by atoms with Gasteiger partial charge in [0.1, 0.15) is 0 Å². The van der Waals surface area contributed by atoms with Gasteiger partial charge in [0.25, 0.3) is 5.91 Å². The predicted molar refractivity (Wildman–Crippen MR) is 122 cm³/mol. The number of amides is 1. The molecule has 1 amide bonds. The molecular weight excluding hydrogens is 430 g/mol. The summed E-state index contributed by atoms with van der Waals surface area (Å²) in [5.41, 5.74) is 1.63. The van der Waals surface area contributed by atoms with Crippen LogP contribution in [0.15, 0.2) is 59.8 Å². The Morgan fingerprint density at radius 1 is 1.12 bits per heavy atom. The van der Waals surface area contributed by atoms with E-state index in [4.69, 9.17) is 4.74 Å². The zero-order valence-corrected chi connectivity index (χ0v) is 19.3. The third-order valence-electron chi connectivity index (χ3n) is 4.66. The highest BCUT2D eigenvalue weighted by Gasteiger charge is 2.22. The van der Waals surface area contributed by atoms with Gasteiger partial charge in [0.2, 0.25) is 10.0 Å². The van der Waals surface area contributed by atoms with Crippen LogP contribution < -0.4 is 10.0 Å². The van der Waals surface area contributed by atoms with Crippen LogP contribution in [0.4, 0.5) is 5.69 Å². The average Bonchev–Trinajstić information content (AvgIpc) is 3.20. The number of nitrogens with zero attached hydrogens (tertiary/aromatic N) is 3. The highest BCUT2D eigenvalue weighted by atomic mass is 32.2. The number of hydrogen-bond acceptors (Lipinski definition) is 6. The number of aromatic nitrogens is 3. The first-order valence-electron chi connectivity index (χ1n) is 10.1. The Hall–Kier alpha value is -3.08. The molecule has 2 aromatic heterocycles. The van der Waals surface area contributed by atoms with E-state index in [-0.39, 0.29) is 29.4 Å². The van der Waals surface area contributed by atoms with Crippen LogP contribution in [0.25, 0.3) is 5.82 Å². The molecule has 0 aliphatic heterocycles. The van der Waals surface area contributed by atoms with E-state index in [0.29, 0.717) is 17.1 Å². The first kappa shape index (κ1) is 23.6. The number of carbonyl (C=O) groups is 1. The lowest BCUT2D eigenvalue weighted by Crippen LogP contribution is -2.35. The van der Waals surface area contributed by atoms with Crippen molar-refractivity contribution in [3.8, 4) is 5.82 Å². The van der Waals surface area contributed by atoms with Crippen molar-refractivity contribution >= 4 is 21.6 Å². The lowest BCUT2D eigenvalue weighted by molar-refractivity contribution is 0.102. The van der Waals surface area contributed by atoms with E-state index in [1.165, 1.54) is 25.4 Å². The highest BCUT2D eigenvalue weighted by Crippen LogP contribution is 2.23. The molecule has 0 aliphatic carbocycles. The molecule has 2 heterocycles. The SMILES string of the molecule is COCC(C)NS(=O)(=O)c1ccc(NC(=O)c2cnn(-c3ccccn3)c2C(C)C)cc1. The van der Waals surface area contributed by atoms with Crippen molar-refractivity contribution in [1.29, 1.82) is 0 Å². The van der Waals surface area contributed by atoms with Crippen molar-refractivity contribution in [2.24, 2.45) is 0 Å². The average molecular weight is 458 g/mol. The topological polar surface area (TPSA) is 115 Å². The molecule has 9 nitrogen and oxygen atoms in total. The third-order valence-corrected chi connectivity index (χ3v) is 6.27. The number of hydrogen-bond donors (Lipinski definition) is 2. The number of ether oxygens (including phenoxy) is 1. The minimum absolute atomic E-state index is 0.0212. The van der Waals surface area contributed by atoms with Crippen molar-refractivity contribution < 1.29 is 17.9 Å². The summed E-state index contributed by atoms with van der Waals surface area (Å²) in [6, 6.07) is 11.1. The molecule has 0 saturated carbocycles. The molecule has 0 bridgehead atoms. The van der Waals surface area contributed by atoms with Gasteiger partial charge in [0.05, 0.1) is 29.0 Å². The zero-order valence-electron chi connectivity index (χ0n) is 18.4. The van der Waals surface area contributed by atoms with Crippen LogP contribution in [0.3, 0.4) is 0 Å². The van der Waals surface area contributed by atoms with E-state index in [1.807, 2.05) is 32.0 Å². The number of methoxy groups -OCH3 is 1. The number of carbonyl (C=O) groups excluding carboxylic acids is 1. The van der Waals surface area contributed by atoms with Gasteiger partial charge in [-0.05, 0) is 49.2 Å². The Morgan fingerprint density at radius 2 is 1.84 bits per heavy atom. The number of benzene rings is 1. The fourth-order valence-electron chi connectivity index (χ4n) is 3.28. The molecule has 3 aromatic rings. The summed E-state index contributed by atoms with van der Waals surface area (Å²) in [4.78, 5) is 17.4. The van der Waals surface area contributed by atoms with E-state index < -0.39 is 10.0 Å². The Balaban J connectivity index is 1.79. The van der Waals surface area contributed by atoms with Gasteiger partial charge in [-0.3, -0.25) is 4.79 Å². The second-order valence-electron chi connectivity index (χ2n) is 7.65. The Labute approximate surface area is 187 Å². The minimum atomic E-state index is -3.69. The molecule has 0 aliphatic rings. The maximum absolute atomic E-state index is 13.0. The van der Waals surface area contributed by atoms with Gasteiger partial charge >= 0.3 is 0 Å². The second kappa shape index (κ2) is 10.0. The third kappa shape index (κ3) is 5.39. The molecule has 32 heavy (non-hydrogen) atoms. The molecule has 3 rings (SSSR count). The number of sulfonamides is 1. The maximum Gasteiger partial charge on any atom is 0.259 e. The normalized spacial score (nSPS) is 12.7.